The fraction of sp³-hybridized carbons (Fsp3) is 0.278. The molecule has 8 nitrogen and oxygen atoms in total. The lowest BCUT2D eigenvalue weighted by atomic mass is 10.0. The Morgan fingerprint density at radius 1 is 0.822 bits per heavy atom. The summed E-state index contributed by atoms with van der Waals surface area (Å²) in [5, 5.41) is 2.98. The molecule has 0 unspecified atom stereocenters. The largest absolute Gasteiger partial charge is 0.494 e. The molecule has 1 N–H and O–H groups in total. The highest BCUT2D eigenvalue weighted by molar-refractivity contribution is 7.92. The number of ether oxygens (including phenoxy) is 1. The third-order valence-corrected chi connectivity index (χ3v) is 9.14. The van der Waals surface area contributed by atoms with Gasteiger partial charge in [0.15, 0.2) is 0 Å². The quantitative estimate of drug-likeness (QED) is 0.192. The van der Waals surface area contributed by atoms with Gasteiger partial charge >= 0.3 is 0 Å². The highest BCUT2D eigenvalue weighted by Crippen LogP contribution is 2.27. The molecule has 0 bridgehead atoms. The number of carbonyl (C=O) groups is 2. The smallest absolute Gasteiger partial charge is 0.264 e. The third kappa shape index (κ3) is 8.73. The number of aryl methyl sites for hydroxylation is 1. The molecular weight excluding hydrogens is 586 g/mol. The molecule has 1 atom stereocenters. The molecule has 0 aliphatic heterocycles. The molecule has 9 heteroatoms. The maximum Gasteiger partial charge on any atom is 0.264 e. The Labute approximate surface area is 266 Å². The number of anilines is 1. The van der Waals surface area contributed by atoms with Gasteiger partial charge in [0.1, 0.15) is 18.3 Å². The van der Waals surface area contributed by atoms with Crippen LogP contribution in [0.5, 0.6) is 5.75 Å². The van der Waals surface area contributed by atoms with Crippen LogP contribution in [0.15, 0.2) is 114 Å². The molecule has 0 fully saturated rings. The predicted molar refractivity (Wildman–Crippen MR) is 178 cm³/mol. The van der Waals surface area contributed by atoms with Crippen molar-refractivity contribution in [2.45, 2.75) is 57.6 Å². The van der Waals surface area contributed by atoms with Crippen molar-refractivity contribution in [1.82, 2.24) is 10.2 Å². The first-order valence-electron chi connectivity index (χ1n) is 15.1. The van der Waals surface area contributed by atoms with Crippen molar-refractivity contribution in [3.63, 3.8) is 0 Å². The van der Waals surface area contributed by atoms with Gasteiger partial charge in [-0.1, -0.05) is 72.8 Å². The van der Waals surface area contributed by atoms with E-state index in [2.05, 4.69) is 5.32 Å². The summed E-state index contributed by atoms with van der Waals surface area (Å²) < 4.78 is 34.9. The maximum atomic E-state index is 14.5. The van der Waals surface area contributed by atoms with Gasteiger partial charge in [-0.3, -0.25) is 13.9 Å². The van der Waals surface area contributed by atoms with Gasteiger partial charge in [-0.25, -0.2) is 8.42 Å². The first kappa shape index (κ1) is 33.3. The summed E-state index contributed by atoms with van der Waals surface area (Å²) in [6.45, 7) is 7.61. The van der Waals surface area contributed by atoms with Crippen LogP contribution >= 0.6 is 0 Å². The second-order valence-electron chi connectivity index (χ2n) is 11.1. The van der Waals surface area contributed by atoms with E-state index in [4.69, 9.17) is 4.74 Å². The van der Waals surface area contributed by atoms with Crippen LogP contribution in [-0.4, -0.2) is 50.4 Å². The van der Waals surface area contributed by atoms with Crippen molar-refractivity contribution in [3.05, 3.63) is 126 Å². The van der Waals surface area contributed by atoms with Crippen LogP contribution in [0.3, 0.4) is 0 Å². The van der Waals surface area contributed by atoms with Gasteiger partial charge in [0, 0.05) is 19.0 Å². The number of nitrogens with zero attached hydrogens (tertiary/aromatic N) is 2. The third-order valence-electron chi connectivity index (χ3n) is 7.35. The molecule has 0 aromatic heterocycles. The molecule has 4 aromatic carbocycles. The lowest BCUT2D eigenvalue weighted by Crippen LogP contribution is -2.54. The summed E-state index contributed by atoms with van der Waals surface area (Å²) in [4.78, 5) is 29.9. The minimum absolute atomic E-state index is 0.0514. The first-order chi connectivity index (χ1) is 21.6. The molecule has 0 radical (unpaired) electrons. The number of hydrogen-bond acceptors (Lipinski definition) is 5. The van der Waals surface area contributed by atoms with E-state index in [9.17, 15) is 18.0 Å². The number of hydrogen-bond donors (Lipinski definition) is 1. The monoisotopic (exact) mass is 627 g/mol. The Bertz CT molecular complexity index is 1660. The van der Waals surface area contributed by atoms with Crippen molar-refractivity contribution in [2.75, 3.05) is 17.5 Å². The molecule has 2 amide bonds. The van der Waals surface area contributed by atoms with Crippen molar-refractivity contribution >= 4 is 27.5 Å². The highest BCUT2D eigenvalue weighted by Gasteiger charge is 2.35. The Kier molecular flexibility index (Phi) is 11.4. The number of sulfonamides is 1. The van der Waals surface area contributed by atoms with E-state index in [1.165, 1.54) is 17.0 Å². The molecule has 45 heavy (non-hydrogen) atoms. The van der Waals surface area contributed by atoms with Crippen molar-refractivity contribution in [2.24, 2.45) is 0 Å². The minimum atomic E-state index is -4.17. The summed E-state index contributed by atoms with van der Waals surface area (Å²) in [7, 11) is -4.17. The van der Waals surface area contributed by atoms with E-state index >= 15 is 0 Å². The number of carbonyl (C=O) groups excluding carboxylic acids is 2. The minimum Gasteiger partial charge on any atom is -0.494 e. The van der Waals surface area contributed by atoms with Gasteiger partial charge in [-0.15, -0.1) is 0 Å². The summed E-state index contributed by atoms with van der Waals surface area (Å²) in [6.07, 6.45) is 0.255. The fourth-order valence-corrected chi connectivity index (χ4v) is 6.46. The van der Waals surface area contributed by atoms with E-state index in [0.717, 1.165) is 21.0 Å². The van der Waals surface area contributed by atoms with E-state index in [1.54, 1.807) is 42.5 Å². The first-order valence-corrected chi connectivity index (χ1v) is 16.5. The summed E-state index contributed by atoms with van der Waals surface area (Å²) in [5.74, 6) is -0.236. The van der Waals surface area contributed by atoms with Crippen LogP contribution in [0.1, 0.15) is 37.5 Å². The van der Waals surface area contributed by atoms with Crippen LogP contribution in [0.2, 0.25) is 0 Å². The second kappa shape index (κ2) is 15.4. The zero-order valence-corrected chi connectivity index (χ0v) is 27.0. The molecule has 4 aromatic rings. The molecule has 0 saturated heterocycles. The topological polar surface area (TPSA) is 96.0 Å². The Morgan fingerprint density at radius 2 is 1.42 bits per heavy atom. The lowest BCUT2D eigenvalue weighted by molar-refractivity contribution is -0.140. The fourth-order valence-electron chi connectivity index (χ4n) is 5.03. The highest BCUT2D eigenvalue weighted by atomic mass is 32.2. The average Bonchev–Trinajstić information content (AvgIpc) is 3.03. The summed E-state index contributed by atoms with van der Waals surface area (Å²) in [6, 6.07) is 30.7. The van der Waals surface area contributed by atoms with Crippen molar-refractivity contribution in [1.29, 1.82) is 0 Å². The van der Waals surface area contributed by atoms with Crippen molar-refractivity contribution in [3.8, 4) is 5.75 Å². The second-order valence-corrected chi connectivity index (χ2v) is 12.9. The van der Waals surface area contributed by atoms with E-state index in [-0.39, 0.29) is 29.8 Å². The maximum absolute atomic E-state index is 14.5. The van der Waals surface area contributed by atoms with Crippen LogP contribution < -0.4 is 14.4 Å². The molecule has 0 saturated carbocycles. The number of amides is 2. The molecule has 4 rings (SSSR count). The van der Waals surface area contributed by atoms with Gasteiger partial charge in [-0.2, -0.15) is 0 Å². The predicted octanol–water partition coefficient (Wildman–Crippen LogP) is 5.75. The average molecular weight is 628 g/mol. The summed E-state index contributed by atoms with van der Waals surface area (Å²) >= 11 is 0. The summed E-state index contributed by atoms with van der Waals surface area (Å²) in [5.41, 5.74) is 3.00. The van der Waals surface area contributed by atoms with E-state index in [1.807, 2.05) is 82.3 Å². The number of benzene rings is 4. The molecular formula is C36H41N3O5S. The van der Waals surface area contributed by atoms with Gasteiger partial charge < -0.3 is 15.0 Å². The Hall–Kier alpha value is -4.63. The lowest BCUT2D eigenvalue weighted by Gasteiger charge is -2.34. The van der Waals surface area contributed by atoms with Crippen LogP contribution in [0.25, 0.3) is 0 Å². The van der Waals surface area contributed by atoms with Crippen LogP contribution in [0, 0.1) is 6.92 Å². The van der Waals surface area contributed by atoms with Crippen molar-refractivity contribution < 1.29 is 22.7 Å². The molecule has 0 heterocycles. The van der Waals surface area contributed by atoms with Crippen LogP contribution in [-0.2, 0) is 32.6 Å². The van der Waals surface area contributed by atoms with E-state index < -0.39 is 28.5 Å². The van der Waals surface area contributed by atoms with Gasteiger partial charge in [0.25, 0.3) is 10.0 Å². The number of rotatable bonds is 14. The van der Waals surface area contributed by atoms with Gasteiger partial charge in [0.05, 0.1) is 17.2 Å². The van der Waals surface area contributed by atoms with Crippen LogP contribution in [0.4, 0.5) is 5.69 Å². The van der Waals surface area contributed by atoms with Gasteiger partial charge in [0.2, 0.25) is 11.8 Å². The molecule has 0 spiro atoms. The Morgan fingerprint density at radius 3 is 2.02 bits per heavy atom. The zero-order valence-electron chi connectivity index (χ0n) is 26.2. The number of nitrogens with one attached hydrogen (secondary N) is 1. The Balaban J connectivity index is 1.80. The SMILES string of the molecule is CCOc1ccc(N(CC(=O)N(Cc2ccccc2C)[C@H](Cc2ccccc2)C(=O)NC(C)C)S(=O)(=O)c2ccccc2)cc1. The standard InChI is InChI=1S/C36H41N3O5S/c1-5-44-32-22-20-31(21-23-32)39(45(42,43)33-18-10-7-11-19-33)26-35(40)38(25-30-17-13-12-14-28(30)4)34(36(41)37-27(2)3)24-29-15-8-6-9-16-29/h6-23,27,34H,5,24-26H2,1-4H3,(H,37,41)/t34-/m1/s1. The zero-order chi connectivity index (χ0) is 32.4. The van der Waals surface area contributed by atoms with E-state index in [0.29, 0.717) is 18.0 Å². The molecule has 0 aliphatic rings. The normalized spacial score (nSPS) is 11.9. The molecule has 236 valence electrons. The molecule has 0 aliphatic carbocycles. The van der Waals surface area contributed by atoms with Gasteiger partial charge in [-0.05, 0) is 80.8 Å².